The van der Waals surface area contributed by atoms with Gasteiger partial charge in [0, 0.05) is 7.05 Å². The quantitative estimate of drug-likeness (QED) is 0.720. The third-order valence-electron chi connectivity index (χ3n) is 3.61. The molecular weight excluding hydrogens is 262 g/mol. The topological polar surface area (TPSA) is 105 Å². The number of imidazole rings is 1. The highest BCUT2D eigenvalue weighted by Crippen LogP contribution is 2.33. The average molecular weight is 279 g/mol. The lowest BCUT2D eigenvalue weighted by atomic mass is 10.1. The summed E-state index contributed by atoms with van der Waals surface area (Å²) in [6, 6.07) is 0. The molecule has 0 bridgehead atoms. The van der Waals surface area contributed by atoms with Crippen molar-refractivity contribution in [1.82, 2.24) is 19.5 Å². The molecule has 20 heavy (non-hydrogen) atoms. The minimum absolute atomic E-state index is 0.391. The van der Waals surface area contributed by atoms with Crippen molar-refractivity contribution in [3.8, 4) is 0 Å². The van der Waals surface area contributed by atoms with Crippen LogP contribution in [-0.4, -0.2) is 55.1 Å². The summed E-state index contributed by atoms with van der Waals surface area (Å²) in [6.45, 7) is 1.90. The number of ether oxygens (including phenoxy) is 1. The van der Waals surface area contributed by atoms with Gasteiger partial charge in [0.1, 0.15) is 24.1 Å². The Morgan fingerprint density at radius 1 is 1.30 bits per heavy atom. The van der Waals surface area contributed by atoms with E-state index in [0.29, 0.717) is 23.4 Å². The van der Waals surface area contributed by atoms with E-state index in [2.05, 4.69) is 20.3 Å². The van der Waals surface area contributed by atoms with Gasteiger partial charge in [-0.2, -0.15) is 0 Å². The molecule has 0 amide bonds. The van der Waals surface area contributed by atoms with Crippen molar-refractivity contribution >= 4 is 17.0 Å². The summed E-state index contributed by atoms with van der Waals surface area (Å²) in [5, 5.41) is 23.0. The molecule has 3 rings (SSSR count). The van der Waals surface area contributed by atoms with E-state index in [9.17, 15) is 10.2 Å². The molecule has 8 nitrogen and oxygen atoms in total. The Balaban J connectivity index is 2.03. The lowest BCUT2D eigenvalue weighted by Gasteiger charge is -2.16. The molecule has 0 spiro atoms. The van der Waals surface area contributed by atoms with Gasteiger partial charge in [-0.25, -0.2) is 15.0 Å². The monoisotopic (exact) mass is 279 g/mol. The van der Waals surface area contributed by atoms with Crippen LogP contribution in [0.15, 0.2) is 12.7 Å². The smallest absolute Gasteiger partial charge is 0.167 e. The first-order valence-electron chi connectivity index (χ1n) is 6.54. The molecule has 3 N–H and O–H groups in total. The lowest BCUT2D eigenvalue weighted by molar-refractivity contribution is -0.0355. The number of hydrogen-bond donors (Lipinski definition) is 3. The van der Waals surface area contributed by atoms with Crippen molar-refractivity contribution in [2.24, 2.45) is 0 Å². The van der Waals surface area contributed by atoms with Gasteiger partial charge in [-0.05, 0) is 6.42 Å². The van der Waals surface area contributed by atoms with Gasteiger partial charge in [0.25, 0.3) is 0 Å². The van der Waals surface area contributed by atoms with Crippen molar-refractivity contribution < 1.29 is 14.9 Å². The van der Waals surface area contributed by atoms with Gasteiger partial charge in [0.15, 0.2) is 17.7 Å². The number of aromatic nitrogens is 4. The maximum absolute atomic E-state index is 10.1. The van der Waals surface area contributed by atoms with Crippen LogP contribution in [0.5, 0.6) is 0 Å². The molecule has 4 atom stereocenters. The van der Waals surface area contributed by atoms with Crippen molar-refractivity contribution in [1.29, 1.82) is 0 Å². The van der Waals surface area contributed by atoms with E-state index in [1.165, 1.54) is 6.33 Å². The normalized spacial score (nSPS) is 30.0. The summed E-state index contributed by atoms with van der Waals surface area (Å²) in [7, 11) is 1.75. The molecule has 108 valence electrons. The van der Waals surface area contributed by atoms with Crippen LogP contribution in [0.1, 0.15) is 19.6 Å². The Kier molecular flexibility index (Phi) is 3.28. The molecule has 0 saturated carbocycles. The molecular formula is C12H17N5O3. The molecule has 3 heterocycles. The first-order valence-corrected chi connectivity index (χ1v) is 6.54. The van der Waals surface area contributed by atoms with Crippen LogP contribution in [0.2, 0.25) is 0 Å². The summed E-state index contributed by atoms with van der Waals surface area (Å²) in [4.78, 5) is 12.5. The third kappa shape index (κ3) is 1.84. The average Bonchev–Trinajstić information content (AvgIpc) is 3.01. The van der Waals surface area contributed by atoms with E-state index in [1.54, 1.807) is 17.9 Å². The molecule has 1 aliphatic heterocycles. The zero-order valence-corrected chi connectivity index (χ0v) is 11.3. The summed E-state index contributed by atoms with van der Waals surface area (Å²) >= 11 is 0. The van der Waals surface area contributed by atoms with E-state index >= 15 is 0 Å². The highest BCUT2D eigenvalue weighted by atomic mass is 16.6. The number of fused-ring (bicyclic) bond motifs is 1. The zero-order chi connectivity index (χ0) is 14.3. The zero-order valence-electron chi connectivity index (χ0n) is 11.3. The minimum atomic E-state index is -1.01. The van der Waals surface area contributed by atoms with Crippen LogP contribution < -0.4 is 5.32 Å². The Bertz CT molecular complexity index is 616. The van der Waals surface area contributed by atoms with E-state index in [1.807, 2.05) is 6.92 Å². The summed E-state index contributed by atoms with van der Waals surface area (Å²) in [6.07, 6.45) is 0.578. The number of hydrogen-bond acceptors (Lipinski definition) is 7. The van der Waals surface area contributed by atoms with Crippen LogP contribution in [-0.2, 0) is 4.74 Å². The van der Waals surface area contributed by atoms with Gasteiger partial charge in [-0.1, -0.05) is 6.92 Å². The van der Waals surface area contributed by atoms with Crippen molar-refractivity contribution in [3.05, 3.63) is 12.7 Å². The third-order valence-corrected chi connectivity index (χ3v) is 3.61. The molecule has 0 aromatic carbocycles. The van der Waals surface area contributed by atoms with Gasteiger partial charge in [-0.3, -0.25) is 4.57 Å². The van der Waals surface area contributed by atoms with Gasteiger partial charge in [0.05, 0.1) is 12.4 Å². The molecule has 1 fully saturated rings. The predicted molar refractivity (Wildman–Crippen MR) is 71.1 cm³/mol. The Labute approximate surface area is 115 Å². The highest BCUT2D eigenvalue weighted by Gasteiger charge is 2.43. The van der Waals surface area contributed by atoms with Crippen LogP contribution >= 0.6 is 0 Å². The molecule has 1 unspecified atom stereocenters. The van der Waals surface area contributed by atoms with Crippen LogP contribution in [0, 0.1) is 0 Å². The summed E-state index contributed by atoms with van der Waals surface area (Å²) in [5.41, 5.74) is 1.15. The molecule has 8 heteroatoms. The fourth-order valence-electron chi connectivity index (χ4n) is 2.52. The number of nitrogens with zero attached hydrogens (tertiary/aromatic N) is 4. The van der Waals surface area contributed by atoms with Gasteiger partial charge < -0.3 is 20.3 Å². The number of rotatable bonds is 3. The standard InChI is InChI=1S/C12H17N5O3/c1-3-6-8(18)9(19)12(20-6)17-5-16-7-10(13-2)14-4-15-11(7)17/h4-6,8-9,12,18-19H,3H2,1-2H3,(H,13,14,15)/t6-,8-,9-,12?/m1/s1. The molecule has 0 radical (unpaired) electrons. The molecule has 1 aliphatic rings. The SMILES string of the molecule is CC[C@H]1OC(n2cnc3c(NC)ncnc32)[C@H](O)[C@@H]1O. The van der Waals surface area contributed by atoms with Crippen LogP contribution in [0.25, 0.3) is 11.2 Å². The second-order valence-electron chi connectivity index (χ2n) is 4.75. The Morgan fingerprint density at radius 3 is 2.75 bits per heavy atom. The second kappa shape index (κ2) is 4.97. The Morgan fingerprint density at radius 2 is 2.10 bits per heavy atom. The Hall–Kier alpha value is -1.77. The van der Waals surface area contributed by atoms with Crippen molar-refractivity contribution in [2.45, 2.75) is 37.9 Å². The number of anilines is 1. The summed E-state index contributed by atoms with van der Waals surface area (Å²) in [5.74, 6) is 0.605. The molecule has 0 aliphatic carbocycles. The van der Waals surface area contributed by atoms with Crippen LogP contribution in [0.4, 0.5) is 5.82 Å². The lowest BCUT2D eigenvalue weighted by Crippen LogP contribution is -2.31. The highest BCUT2D eigenvalue weighted by molar-refractivity contribution is 5.82. The maximum Gasteiger partial charge on any atom is 0.167 e. The van der Waals surface area contributed by atoms with Gasteiger partial charge in [-0.15, -0.1) is 0 Å². The largest absolute Gasteiger partial charge is 0.388 e. The fourth-order valence-corrected chi connectivity index (χ4v) is 2.52. The maximum atomic E-state index is 10.1. The van der Waals surface area contributed by atoms with Crippen molar-refractivity contribution in [3.63, 3.8) is 0 Å². The van der Waals surface area contributed by atoms with E-state index in [-0.39, 0.29) is 0 Å². The van der Waals surface area contributed by atoms with Crippen molar-refractivity contribution in [2.75, 3.05) is 12.4 Å². The molecule has 2 aromatic heterocycles. The first kappa shape index (κ1) is 13.2. The molecule has 1 saturated heterocycles. The van der Waals surface area contributed by atoms with Crippen LogP contribution in [0.3, 0.4) is 0 Å². The van der Waals surface area contributed by atoms with E-state index in [0.717, 1.165) is 0 Å². The number of aliphatic hydroxyl groups is 2. The fraction of sp³-hybridized carbons (Fsp3) is 0.583. The number of aliphatic hydroxyl groups excluding tert-OH is 2. The van der Waals surface area contributed by atoms with E-state index < -0.39 is 24.5 Å². The molecule has 2 aromatic rings. The predicted octanol–water partition coefficient (Wildman–Crippen LogP) is -0.103. The minimum Gasteiger partial charge on any atom is -0.388 e. The summed E-state index contributed by atoms with van der Waals surface area (Å²) < 4.78 is 7.33. The van der Waals surface area contributed by atoms with Gasteiger partial charge in [0.2, 0.25) is 0 Å². The second-order valence-corrected chi connectivity index (χ2v) is 4.75. The number of nitrogens with one attached hydrogen (secondary N) is 1. The van der Waals surface area contributed by atoms with Gasteiger partial charge >= 0.3 is 0 Å². The van der Waals surface area contributed by atoms with E-state index in [4.69, 9.17) is 4.74 Å². The first-order chi connectivity index (χ1) is 9.67.